The van der Waals surface area contributed by atoms with Crippen LogP contribution in [0.1, 0.15) is 18.4 Å². The van der Waals surface area contributed by atoms with Crippen molar-refractivity contribution in [2.45, 2.75) is 25.8 Å². The number of anilines is 1. The molecule has 7 heteroatoms. The van der Waals surface area contributed by atoms with Crippen LogP contribution in [-0.4, -0.2) is 59.3 Å². The number of rotatable bonds is 3. The second-order valence-corrected chi connectivity index (χ2v) is 8.08. The standard InChI is InChI=1S/C19H25N5OS/c1-13-10-22-18-17(13)15(5-6-21-18)23-8-9-26-16(12-23)19(25)24-7-3-4-14(11-24)20-2/h5-6,10,12,14,20H,3-4,7-9,11H2,1-2H3,(H,21,22)/t14-/m1/s1. The lowest BCUT2D eigenvalue weighted by molar-refractivity contribution is -0.127. The van der Waals surface area contributed by atoms with E-state index in [1.54, 1.807) is 11.8 Å². The van der Waals surface area contributed by atoms with Gasteiger partial charge in [-0.1, -0.05) is 0 Å². The predicted octanol–water partition coefficient (Wildman–Crippen LogP) is 2.48. The zero-order valence-electron chi connectivity index (χ0n) is 15.3. The molecule has 4 heterocycles. The van der Waals surface area contributed by atoms with E-state index in [1.165, 1.54) is 5.56 Å². The van der Waals surface area contributed by atoms with E-state index in [4.69, 9.17) is 0 Å². The van der Waals surface area contributed by atoms with E-state index in [1.807, 2.05) is 36.6 Å². The lowest BCUT2D eigenvalue weighted by Gasteiger charge is -2.34. The number of carbonyl (C=O) groups is 1. The molecule has 0 unspecified atom stereocenters. The summed E-state index contributed by atoms with van der Waals surface area (Å²) in [6.45, 7) is 4.63. The first kappa shape index (κ1) is 17.4. The van der Waals surface area contributed by atoms with Crippen molar-refractivity contribution >= 4 is 34.4 Å². The van der Waals surface area contributed by atoms with Gasteiger partial charge in [0.2, 0.25) is 0 Å². The lowest BCUT2D eigenvalue weighted by atomic mass is 10.1. The number of H-pyrrole nitrogens is 1. The van der Waals surface area contributed by atoms with E-state index in [9.17, 15) is 4.79 Å². The van der Waals surface area contributed by atoms with Crippen LogP contribution in [-0.2, 0) is 4.79 Å². The first-order valence-electron chi connectivity index (χ1n) is 9.18. The fraction of sp³-hybridized carbons (Fsp3) is 0.474. The summed E-state index contributed by atoms with van der Waals surface area (Å²) in [7, 11) is 1.98. The largest absolute Gasteiger partial charge is 0.346 e. The zero-order valence-corrected chi connectivity index (χ0v) is 16.1. The predicted molar refractivity (Wildman–Crippen MR) is 107 cm³/mol. The smallest absolute Gasteiger partial charge is 0.261 e. The Morgan fingerprint density at radius 1 is 1.42 bits per heavy atom. The Kier molecular flexibility index (Phi) is 4.91. The fourth-order valence-electron chi connectivity index (χ4n) is 3.80. The highest BCUT2D eigenvalue weighted by atomic mass is 32.2. The van der Waals surface area contributed by atoms with Crippen LogP contribution < -0.4 is 10.2 Å². The van der Waals surface area contributed by atoms with Crippen LogP contribution in [0.5, 0.6) is 0 Å². The van der Waals surface area contributed by atoms with Crippen molar-refractivity contribution in [3.05, 3.63) is 35.1 Å². The van der Waals surface area contributed by atoms with Crippen LogP contribution in [0.15, 0.2) is 29.6 Å². The second-order valence-electron chi connectivity index (χ2n) is 6.94. The molecule has 2 aromatic rings. The molecule has 1 amide bonds. The number of nitrogens with one attached hydrogen (secondary N) is 2. The molecular weight excluding hydrogens is 346 g/mol. The summed E-state index contributed by atoms with van der Waals surface area (Å²) in [5, 5.41) is 4.44. The van der Waals surface area contributed by atoms with E-state index >= 15 is 0 Å². The number of fused-ring (bicyclic) bond motifs is 1. The van der Waals surface area contributed by atoms with Gasteiger partial charge in [-0.3, -0.25) is 4.79 Å². The first-order valence-corrected chi connectivity index (χ1v) is 10.2. The quantitative estimate of drug-likeness (QED) is 0.868. The highest BCUT2D eigenvalue weighted by Crippen LogP contribution is 2.33. The van der Waals surface area contributed by atoms with Crippen LogP contribution >= 0.6 is 11.8 Å². The van der Waals surface area contributed by atoms with Gasteiger partial charge in [-0.05, 0) is 38.4 Å². The summed E-state index contributed by atoms with van der Waals surface area (Å²) in [4.78, 5) is 25.7. The van der Waals surface area contributed by atoms with Crippen LogP contribution in [0.25, 0.3) is 11.0 Å². The highest BCUT2D eigenvalue weighted by molar-refractivity contribution is 8.04. The molecule has 2 aliphatic heterocycles. The molecule has 0 aromatic carbocycles. The maximum absolute atomic E-state index is 13.0. The SMILES string of the molecule is CN[C@@H]1CCCN(C(=O)C2=CN(c3ccnc4[nH]cc(C)c34)CCS2)C1. The zero-order chi connectivity index (χ0) is 18.1. The Balaban J connectivity index is 1.61. The normalized spacial score (nSPS) is 21.2. The molecule has 0 bridgehead atoms. The van der Waals surface area contributed by atoms with Gasteiger partial charge in [0, 0.05) is 55.4 Å². The molecule has 2 aliphatic rings. The molecule has 0 aliphatic carbocycles. The van der Waals surface area contributed by atoms with Crippen molar-refractivity contribution in [2.24, 2.45) is 0 Å². The molecule has 26 heavy (non-hydrogen) atoms. The van der Waals surface area contributed by atoms with Crippen molar-refractivity contribution < 1.29 is 4.79 Å². The molecule has 1 saturated heterocycles. The first-order chi connectivity index (χ1) is 12.7. The minimum Gasteiger partial charge on any atom is -0.346 e. The van der Waals surface area contributed by atoms with Gasteiger partial charge in [-0.25, -0.2) is 4.98 Å². The Labute approximate surface area is 158 Å². The molecule has 0 spiro atoms. The average Bonchev–Trinajstić information content (AvgIpc) is 3.09. The van der Waals surface area contributed by atoms with Crippen molar-refractivity contribution in [1.82, 2.24) is 20.2 Å². The molecule has 0 radical (unpaired) electrons. The van der Waals surface area contributed by atoms with Crippen LogP contribution in [0.4, 0.5) is 5.69 Å². The Morgan fingerprint density at radius 3 is 3.15 bits per heavy atom. The number of thioether (sulfide) groups is 1. The molecule has 1 fully saturated rings. The third-order valence-electron chi connectivity index (χ3n) is 5.25. The number of carbonyl (C=O) groups excluding carboxylic acids is 1. The number of likely N-dealkylation sites (N-methyl/N-ethyl adjacent to an activating group) is 1. The molecule has 2 aromatic heterocycles. The van der Waals surface area contributed by atoms with Gasteiger partial charge < -0.3 is 20.1 Å². The minimum absolute atomic E-state index is 0.163. The Morgan fingerprint density at radius 2 is 2.31 bits per heavy atom. The number of aromatic amines is 1. The van der Waals surface area contributed by atoms with Gasteiger partial charge in [0.05, 0.1) is 10.6 Å². The number of aromatic nitrogens is 2. The van der Waals surface area contributed by atoms with Crippen molar-refractivity contribution in [2.75, 3.05) is 37.3 Å². The number of hydrogen-bond acceptors (Lipinski definition) is 5. The summed E-state index contributed by atoms with van der Waals surface area (Å²) >= 11 is 1.67. The number of pyridine rings is 1. The number of likely N-dealkylation sites (tertiary alicyclic amines) is 1. The van der Waals surface area contributed by atoms with E-state index in [-0.39, 0.29) is 5.91 Å². The van der Waals surface area contributed by atoms with Gasteiger partial charge in [-0.15, -0.1) is 11.8 Å². The van der Waals surface area contributed by atoms with Crippen molar-refractivity contribution in [1.29, 1.82) is 0 Å². The number of piperidine rings is 1. The summed E-state index contributed by atoms with van der Waals surface area (Å²) in [5.41, 5.74) is 3.19. The van der Waals surface area contributed by atoms with Gasteiger partial charge in [0.1, 0.15) is 5.65 Å². The van der Waals surface area contributed by atoms with E-state index in [0.717, 1.165) is 59.9 Å². The summed E-state index contributed by atoms with van der Waals surface area (Å²) in [6, 6.07) is 2.44. The molecular formula is C19H25N5OS. The molecule has 0 saturated carbocycles. The second kappa shape index (κ2) is 7.32. The number of aryl methyl sites for hydroxylation is 1. The van der Waals surface area contributed by atoms with Crippen molar-refractivity contribution in [3.8, 4) is 0 Å². The van der Waals surface area contributed by atoms with Crippen molar-refractivity contribution in [3.63, 3.8) is 0 Å². The van der Waals surface area contributed by atoms with Gasteiger partial charge >= 0.3 is 0 Å². The molecule has 2 N–H and O–H groups in total. The van der Waals surface area contributed by atoms with Gasteiger partial charge in [-0.2, -0.15) is 0 Å². The third kappa shape index (κ3) is 3.21. The molecule has 1 atom stereocenters. The van der Waals surface area contributed by atoms with E-state index < -0.39 is 0 Å². The van der Waals surface area contributed by atoms with Gasteiger partial charge in [0.15, 0.2) is 0 Å². The summed E-state index contributed by atoms with van der Waals surface area (Å²) < 4.78 is 0. The topological polar surface area (TPSA) is 64.3 Å². The highest BCUT2D eigenvalue weighted by Gasteiger charge is 2.27. The Hall–Kier alpha value is -1.99. The third-order valence-corrected chi connectivity index (χ3v) is 6.23. The Bertz CT molecular complexity index is 846. The maximum Gasteiger partial charge on any atom is 0.261 e. The summed E-state index contributed by atoms with van der Waals surface area (Å²) in [5.74, 6) is 1.07. The molecule has 4 rings (SSSR count). The number of hydrogen-bond donors (Lipinski definition) is 2. The maximum atomic E-state index is 13.0. The number of amides is 1. The lowest BCUT2D eigenvalue weighted by Crippen LogP contribution is -2.47. The van der Waals surface area contributed by atoms with E-state index in [0.29, 0.717) is 6.04 Å². The summed E-state index contributed by atoms with van der Waals surface area (Å²) in [6.07, 6.45) is 8.04. The minimum atomic E-state index is 0.163. The molecule has 138 valence electrons. The number of nitrogens with zero attached hydrogens (tertiary/aromatic N) is 3. The van der Waals surface area contributed by atoms with E-state index in [2.05, 4.69) is 27.1 Å². The molecule has 6 nitrogen and oxygen atoms in total. The van der Waals surface area contributed by atoms with Crippen LogP contribution in [0.2, 0.25) is 0 Å². The monoisotopic (exact) mass is 371 g/mol. The average molecular weight is 372 g/mol. The van der Waals surface area contributed by atoms with Crippen LogP contribution in [0.3, 0.4) is 0 Å². The van der Waals surface area contributed by atoms with Crippen LogP contribution in [0, 0.1) is 6.92 Å². The van der Waals surface area contributed by atoms with Gasteiger partial charge in [0.25, 0.3) is 5.91 Å². The fourth-order valence-corrected chi connectivity index (χ4v) is 4.76.